The van der Waals surface area contributed by atoms with Crippen molar-refractivity contribution in [3.63, 3.8) is 0 Å². The summed E-state index contributed by atoms with van der Waals surface area (Å²) in [6.07, 6.45) is -4.49. The van der Waals surface area contributed by atoms with Gasteiger partial charge in [-0.25, -0.2) is 9.48 Å². The van der Waals surface area contributed by atoms with Crippen LogP contribution in [0.25, 0.3) is 16.9 Å². The van der Waals surface area contributed by atoms with Crippen molar-refractivity contribution in [2.45, 2.75) is 6.18 Å². The predicted molar refractivity (Wildman–Crippen MR) is 92.5 cm³/mol. The second-order valence-corrected chi connectivity index (χ2v) is 5.88. The maximum Gasteiger partial charge on any atom is 0.416 e. The smallest absolute Gasteiger partial charge is 0.416 e. The first-order chi connectivity index (χ1) is 12.7. The van der Waals surface area contributed by atoms with Gasteiger partial charge in [-0.3, -0.25) is 0 Å². The van der Waals surface area contributed by atoms with Gasteiger partial charge in [-0.2, -0.15) is 18.3 Å². The monoisotopic (exact) mass is 396 g/mol. The summed E-state index contributed by atoms with van der Waals surface area (Å²) in [5.74, 6) is -1.42. The molecule has 1 aromatic heterocycles. The van der Waals surface area contributed by atoms with Crippen molar-refractivity contribution in [2.75, 3.05) is 7.11 Å². The molecule has 1 heterocycles. The molecular weight excluding hydrogens is 385 g/mol. The molecule has 0 spiro atoms. The molecule has 0 unspecified atom stereocenters. The molecule has 3 rings (SSSR count). The van der Waals surface area contributed by atoms with Gasteiger partial charge in [0.1, 0.15) is 5.69 Å². The second-order valence-electron chi connectivity index (χ2n) is 5.47. The van der Waals surface area contributed by atoms with E-state index in [2.05, 4.69) is 5.10 Å². The molecule has 5 nitrogen and oxygen atoms in total. The van der Waals surface area contributed by atoms with E-state index in [-0.39, 0.29) is 22.2 Å². The molecule has 0 atom stereocenters. The molecule has 0 saturated carbocycles. The van der Waals surface area contributed by atoms with Crippen molar-refractivity contribution < 1.29 is 27.8 Å². The molecule has 1 N–H and O–H groups in total. The Morgan fingerprint density at radius 1 is 1.15 bits per heavy atom. The molecule has 0 radical (unpaired) electrons. The van der Waals surface area contributed by atoms with Crippen LogP contribution in [0.5, 0.6) is 5.75 Å². The number of nitrogens with zero attached hydrogens (tertiary/aromatic N) is 2. The Balaban J connectivity index is 2.27. The number of methoxy groups -OCH3 is 1. The van der Waals surface area contributed by atoms with E-state index in [9.17, 15) is 23.1 Å². The molecule has 140 valence electrons. The number of rotatable bonds is 4. The summed E-state index contributed by atoms with van der Waals surface area (Å²) >= 11 is 6.19. The van der Waals surface area contributed by atoms with E-state index in [1.54, 1.807) is 24.3 Å². The Bertz CT molecular complexity index is 998. The zero-order valence-electron chi connectivity index (χ0n) is 13.8. The summed E-state index contributed by atoms with van der Waals surface area (Å²) in [6.45, 7) is 0. The highest BCUT2D eigenvalue weighted by atomic mass is 35.5. The number of hydrogen-bond acceptors (Lipinski definition) is 3. The number of halogens is 4. The fraction of sp³-hybridized carbons (Fsp3) is 0.111. The lowest BCUT2D eigenvalue weighted by Gasteiger charge is -2.12. The topological polar surface area (TPSA) is 64.3 Å². The number of alkyl halides is 3. The van der Waals surface area contributed by atoms with Crippen LogP contribution < -0.4 is 4.74 Å². The van der Waals surface area contributed by atoms with E-state index >= 15 is 0 Å². The quantitative estimate of drug-likeness (QED) is 0.680. The second kappa shape index (κ2) is 6.96. The fourth-order valence-corrected chi connectivity index (χ4v) is 2.82. The third-order valence-corrected chi connectivity index (χ3v) is 4.13. The lowest BCUT2D eigenvalue weighted by Crippen LogP contribution is -2.05. The van der Waals surface area contributed by atoms with Crippen LogP contribution in [0, 0.1) is 0 Å². The number of para-hydroxylation sites is 1. The first-order valence-electron chi connectivity index (χ1n) is 7.57. The Kier molecular flexibility index (Phi) is 4.84. The number of hydrogen-bond donors (Lipinski definition) is 1. The fourth-order valence-electron chi connectivity index (χ4n) is 2.61. The number of ether oxygens (including phenoxy) is 1. The van der Waals surface area contributed by atoms with E-state index in [0.29, 0.717) is 11.3 Å². The van der Waals surface area contributed by atoms with Crippen molar-refractivity contribution >= 4 is 17.6 Å². The number of carbonyl (C=O) groups is 1. The van der Waals surface area contributed by atoms with Crippen LogP contribution in [0.2, 0.25) is 5.02 Å². The van der Waals surface area contributed by atoms with Crippen molar-refractivity contribution in [2.24, 2.45) is 0 Å². The highest BCUT2D eigenvalue weighted by molar-refractivity contribution is 6.32. The van der Waals surface area contributed by atoms with Gasteiger partial charge in [0.15, 0.2) is 5.75 Å². The average molecular weight is 397 g/mol. The van der Waals surface area contributed by atoms with E-state index in [1.807, 2.05) is 0 Å². The zero-order chi connectivity index (χ0) is 19.8. The molecule has 3 aromatic rings. The largest absolute Gasteiger partial charge is 0.492 e. The first-order valence-corrected chi connectivity index (χ1v) is 7.94. The molecule has 9 heteroatoms. The number of carboxylic acids is 1. The van der Waals surface area contributed by atoms with Gasteiger partial charge >= 0.3 is 12.1 Å². The van der Waals surface area contributed by atoms with Gasteiger partial charge in [0.25, 0.3) is 0 Å². The van der Waals surface area contributed by atoms with Gasteiger partial charge in [-0.1, -0.05) is 35.9 Å². The zero-order valence-corrected chi connectivity index (χ0v) is 14.5. The number of benzene rings is 2. The SMILES string of the molecule is COc1c(C(=O)O)nn(-c2ccccc2Cl)c1-c1ccc(C(F)(F)F)cc1. The van der Waals surface area contributed by atoms with Crippen molar-refractivity contribution in [3.05, 3.63) is 64.8 Å². The lowest BCUT2D eigenvalue weighted by molar-refractivity contribution is -0.137. The van der Waals surface area contributed by atoms with Crippen LogP contribution in [0.4, 0.5) is 13.2 Å². The molecule has 2 aromatic carbocycles. The van der Waals surface area contributed by atoms with Gasteiger partial charge in [0.2, 0.25) is 5.69 Å². The van der Waals surface area contributed by atoms with Crippen LogP contribution >= 0.6 is 11.6 Å². The summed E-state index contributed by atoms with van der Waals surface area (Å²) in [4.78, 5) is 11.5. The van der Waals surface area contributed by atoms with Crippen molar-refractivity contribution in [3.8, 4) is 22.7 Å². The van der Waals surface area contributed by atoms with Crippen LogP contribution in [0.3, 0.4) is 0 Å². The Labute approximate surface area is 156 Å². The number of carboxylic acid groups (broad SMARTS) is 1. The van der Waals surface area contributed by atoms with E-state index in [4.69, 9.17) is 16.3 Å². The number of aromatic carboxylic acids is 1. The molecule has 0 fully saturated rings. The van der Waals surface area contributed by atoms with Gasteiger partial charge in [-0.15, -0.1) is 0 Å². The van der Waals surface area contributed by atoms with Crippen molar-refractivity contribution in [1.29, 1.82) is 0 Å². The minimum absolute atomic E-state index is 0.0813. The van der Waals surface area contributed by atoms with Gasteiger partial charge in [0, 0.05) is 5.56 Å². The molecule has 0 saturated heterocycles. The first kappa shape index (κ1) is 18.8. The maximum atomic E-state index is 12.8. The van der Waals surface area contributed by atoms with Gasteiger partial charge < -0.3 is 9.84 Å². The summed E-state index contributed by atoms with van der Waals surface area (Å²) < 4.78 is 45.0. The van der Waals surface area contributed by atoms with Crippen LogP contribution in [0.15, 0.2) is 48.5 Å². The highest BCUT2D eigenvalue weighted by Gasteiger charge is 2.31. The molecule has 27 heavy (non-hydrogen) atoms. The lowest BCUT2D eigenvalue weighted by atomic mass is 10.1. The number of aromatic nitrogens is 2. The normalized spacial score (nSPS) is 11.4. The van der Waals surface area contributed by atoms with E-state index in [0.717, 1.165) is 12.1 Å². The predicted octanol–water partition coefficient (Wildman–Crippen LogP) is 4.92. The van der Waals surface area contributed by atoms with Crippen LogP contribution in [-0.4, -0.2) is 28.0 Å². The summed E-state index contributed by atoms with van der Waals surface area (Å²) in [5.41, 5.74) is -0.379. The third kappa shape index (κ3) is 3.48. The summed E-state index contributed by atoms with van der Waals surface area (Å²) in [6, 6.07) is 10.8. The molecule has 0 amide bonds. The van der Waals surface area contributed by atoms with E-state index < -0.39 is 17.7 Å². The molecule has 0 aliphatic heterocycles. The average Bonchev–Trinajstić information content (AvgIpc) is 3.01. The summed E-state index contributed by atoms with van der Waals surface area (Å²) in [5, 5.41) is 13.7. The van der Waals surface area contributed by atoms with E-state index in [1.165, 1.54) is 23.9 Å². The standard InChI is InChI=1S/C18H12ClF3N2O3/c1-27-16-14(17(25)26)23-24(13-5-3-2-4-12(13)19)15(16)10-6-8-11(9-7-10)18(20,21)22/h2-9H,1H3,(H,25,26). The van der Waals surface area contributed by atoms with Crippen molar-refractivity contribution in [1.82, 2.24) is 9.78 Å². The third-order valence-electron chi connectivity index (χ3n) is 3.81. The molecule has 0 aliphatic rings. The minimum atomic E-state index is -4.49. The summed E-state index contributed by atoms with van der Waals surface area (Å²) in [7, 11) is 1.26. The van der Waals surface area contributed by atoms with Gasteiger partial charge in [-0.05, 0) is 24.3 Å². The minimum Gasteiger partial charge on any atom is -0.492 e. The Morgan fingerprint density at radius 3 is 2.30 bits per heavy atom. The molecule has 0 aliphatic carbocycles. The van der Waals surface area contributed by atoms with Crippen LogP contribution in [-0.2, 0) is 6.18 Å². The highest BCUT2D eigenvalue weighted by Crippen LogP contribution is 2.38. The Morgan fingerprint density at radius 2 is 1.78 bits per heavy atom. The molecule has 0 bridgehead atoms. The Hall–Kier alpha value is -3.00. The maximum absolute atomic E-state index is 12.8. The van der Waals surface area contributed by atoms with Gasteiger partial charge in [0.05, 0.1) is 23.4 Å². The molecular formula is C18H12ClF3N2O3. The van der Waals surface area contributed by atoms with Crippen LogP contribution in [0.1, 0.15) is 16.1 Å².